The monoisotopic (exact) mass is 282 g/mol. The SMILES string of the molecule is CN(C[C@H]1COc2ccccc2O1)c1nccnc1C#N. The molecule has 0 bridgehead atoms. The average Bonchev–Trinajstić information content (AvgIpc) is 2.54. The summed E-state index contributed by atoms with van der Waals surface area (Å²) in [5.74, 6) is 2.04. The highest BCUT2D eigenvalue weighted by atomic mass is 16.6. The van der Waals surface area contributed by atoms with Crippen LogP contribution in [-0.4, -0.2) is 36.3 Å². The van der Waals surface area contributed by atoms with Crippen molar-refractivity contribution >= 4 is 5.82 Å². The number of anilines is 1. The van der Waals surface area contributed by atoms with Crippen LogP contribution < -0.4 is 14.4 Å². The van der Waals surface area contributed by atoms with Crippen molar-refractivity contribution in [1.82, 2.24) is 9.97 Å². The van der Waals surface area contributed by atoms with E-state index in [0.717, 1.165) is 11.5 Å². The summed E-state index contributed by atoms with van der Waals surface area (Å²) >= 11 is 0. The maximum Gasteiger partial charge on any atom is 0.183 e. The highest BCUT2D eigenvalue weighted by Crippen LogP contribution is 2.31. The molecule has 2 heterocycles. The molecule has 0 spiro atoms. The number of likely N-dealkylation sites (N-methyl/N-ethyl adjacent to an activating group) is 1. The van der Waals surface area contributed by atoms with Crippen molar-refractivity contribution in [2.24, 2.45) is 0 Å². The zero-order valence-corrected chi connectivity index (χ0v) is 11.6. The van der Waals surface area contributed by atoms with Gasteiger partial charge >= 0.3 is 0 Å². The summed E-state index contributed by atoms with van der Waals surface area (Å²) in [5, 5.41) is 9.07. The molecule has 0 saturated heterocycles. The van der Waals surface area contributed by atoms with Gasteiger partial charge < -0.3 is 14.4 Å². The van der Waals surface area contributed by atoms with Crippen molar-refractivity contribution in [2.45, 2.75) is 6.10 Å². The normalized spacial score (nSPS) is 16.1. The molecule has 1 aliphatic heterocycles. The Balaban J connectivity index is 1.72. The molecule has 1 atom stereocenters. The maximum absolute atomic E-state index is 9.07. The Labute approximate surface area is 122 Å². The molecule has 0 fully saturated rings. The molecule has 6 nitrogen and oxygen atoms in total. The molecule has 2 aromatic rings. The zero-order chi connectivity index (χ0) is 14.7. The Hall–Kier alpha value is -2.81. The van der Waals surface area contributed by atoms with Gasteiger partial charge in [0.2, 0.25) is 0 Å². The van der Waals surface area contributed by atoms with E-state index >= 15 is 0 Å². The quantitative estimate of drug-likeness (QED) is 0.852. The van der Waals surface area contributed by atoms with Crippen LogP contribution in [0.2, 0.25) is 0 Å². The van der Waals surface area contributed by atoms with Gasteiger partial charge in [-0.3, -0.25) is 0 Å². The lowest BCUT2D eigenvalue weighted by molar-refractivity contribution is 0.0959. The van der Waals surface area contributed by atoms with Crippen LogP contribution in [0.15, 0.2) is 36.7 Å². The van der Waals surface area contributed by atoms with Crippen LogP contribution >= 0.6 is 0 Å². The van der Waals surface area contributed by atoms with Gasteiger partial charge in [0.1, 0.15) is 12.7 Å². The molecule has 0 N–H and O–H groups in total. The van der Waals surface area contributed by atoms with Crippen molar-refractivity contribution in [3.05, 3.63) is 42.4 Å². The molecule has 0 aliphatic carbocycles. The second-order valence-electron chi connectivity index (χ2n) is 4.72. The van der Waals surface area contributed by atoms with Crippen molar-refractivity contribution in [2.75, 3.05) is 25.1 Å². The topological polar surface area (TPSA) is 71.3 Å². The van der Waals surface area contributed by atoms with E-state index in [1.807, 2.05) is 42.3 Å². The van der Waals surface area contributed by atoms with Crippen LogP contribution in [0.25, 0.3) is 0 Å². The first-order valence-electron chi connectivity index (χ1n) is 6.58. The second kappa shape index (κ2) is 5.67. The lowest BCUT2D eigenvalue weighted by atomic mass is 10.2. The number of ether oxygens (including phenoxy) is 2. The third-order valence-corrected chi connectivity index (χ3v) is 3.19. The molecule has 6 heteroatoms. The molecule has 21 heavy (non-hydrogen) atoms. The predicted molar refractivity (Wildman–Crippen MR) is 76.4 cm³/mol. The number of para-hydroxylation sites is 2. The summed E-state index contributed by atoms with van der Waals surface area (Å²) in [6, 6.07) is 9.62. The molecule has 0 radical (unpaired) electrons. The molecular weight excluding hydrogens is 268 g/mol. The first-order chi connectivity index (χ1) is 10.3. The highest BCUT2D eigenvalue weighted by Gasteiger charge is 2.23. The van der Waals surface area contributed by atoms with Gasteiger partial charge in [0.05, 0.1) is 6.54 Å². The number of nitrogens with zero attached hydrogens (tertiary/aromatic N) is 4. The van der Waals surface area contributed by atoms with Crippen LogP contribution in [0, 0.1) is 11.3 Å². The van der Waals surface area contributed by atoms with Gasteiger partial charge in [-0.1, -0.05) is 12.1 Å². The van der Waals surface area contributed by atoms with Crippen molar-refractivity contribution < 1.29 is 9.47 Å². The van der Waals surface area contributed by atoms with Gasteiger partial charge in [-0.05, 0) is 12.1 Å². The Morgan fingerprint density at radius 3 is 2.86 bits per heavy atom. The van der Waals surface area contributed by atoms with E-state index in [1.54, 1.807) is 6.20 Å². The fraction of sp³-hybridized carbons (Fsp3) is 0.267. The predicted octanol–water partition coefficient (Wildman–Crippen LogP) is 1.62. The first kappa shape index (κ1) is 13.2. The molecule has 106 valence electrons. The average molecular weight is 282 g/mol. The van der Waals surface area contributed by atoms with Gasteiger partial charge in [-0.2, -0.15) is 5.26 Å². The third kappa shape index (κ3) is 2.72. The van der Waals surface area contributed by atoms with E-state index in [2.05, 4.69) is 9.97 Å². The number of rotatable bonds is 3. The minimum atomic E-state index is -0.126. The van der Waals surface area contributed by atoms with E-state index < -0.39 is 0 Å². The molecule has 0 saturated carbocycles. The first-order valence-corrected chi connectivity index (χ1v) is 6.58. The summed E-state index contributed by atoms with van der Waals surface area (Å²) in [5.41, 5.74) is 0.303. The molecule has 1 aliphatic rings. The fourth-order valence-electron chi connectivity index (χ4n) is 2.23. The van der Waals surface area contributed by atoms with Crippen LogP contribution in [0.5, 0.6) is 11.5 Å². The molecule has 0 amide bonds. The van der Waals surface area contributed by atoms with E-state index in [9.17, 15) is 0 Å². The highest BCUT2D eigenvalue weighted by molar-refractivity contribution is 5.49. The van der Waals surface area contributed by atoms with E-state index in [0.29, 0.717) is 24.7 Å². The number of aromatic nitrogens is 2. The number of fused-ring (bicyclic) bond motifs is 1. The number of hydrogen-bond donors (Lipinski definition) is 0. The van der Waals surface area contributed by atoms with Crippen LogP contribution in [0.3, 0.4) is 0 Å². The molecule has 1 aromatic carbocycles. The summed E-state index contributed by atoms with van der Waals surface area (Å²) in [4.78, 5) is 10.1. The number of hydrogen-bond acceptors (Lipinski definition) is 6. The second-order valence-corrected chi connectivity index (χ2v) is 4.72. The molecular formula is C15H14N4O2. The number of benzene rings is 1. The summed E-state index contributed by atoms with van der Waals surface area (Å²) in [6.45, 7) is 1.02. The Kier molecular flexibility index (Phi) is 3.56. The van der Waals surface area contributed by atoms with Crippen LogP contribution in [0.1, 0.15) is 5.69 Å². The minimum Gasteiger partial charge on any atom is -0.486 e. The summed E-state index contributed by atoms with van der Waals surface area (Å²) in [6.07, 6.45) is 2.95. The van der Waals surface area contributed by atoms with Crippen molar-refractivity contribution in [3.63, 3.8) is 0 Å². The van der Waals surface area contributed by atoms with Gasteiger partial charge in [0.15, 0.2) is 29.1 Å². The lowest BCUT2D eigenvalue weighted by Crippen LogP contribution is -2.40. The summed E-state index contributed by atoms with van der Waals surface area (Å²) < 4.78 is 11.6. The smallest absolute Gasteiger partial charge is 0.183 e. The van der Waals surface area contributed by atoms with Gasteiger partial charge in [0, 0.05) is 19.4 Å². The largest absolute Gasteiger partial charge is 0.486 e. The molecule has 1 aromatic heterocycles. The molecule has 3 rings (SSSR count). The number of nitriles is 1. The van der Waals surface area contributed by atoms with Gasteiger partial charge in [0.25, 0.3) is 0 Å². The van der Waals surface area contributed by atoms with Gasteiger partial charge in [-0.25, -0.2) is 9.97 Å². The summed E-state index contributed by atoms with van der Waals surface area (Å²) in [7, 11) is 1.86. The van der Waals surface area contributed by atoms with E-state index in [-0.39, 0.29) is 6.10 Å². The molecule has 0 unspecified atom stereocenters. The van der Waals surface area contributed by atoms with Crippen molar-refractivity contribution in [1.29, 1.82) is 5.26 Å². The minimum absolute atomic E-state index is 0.126. The Morgan fingerprint density at radius 1 is 1.29 bits per heavy atom. The zero-order valence-electron chi connectivity index (χ0n) is 11.6. The lowest BCUT2D eigenvalue weighted by Gasteiger charge is -2.30. The van der Waals surface area contributed by atoms with E-state index in [1.165, 1.54) is 6.20 Å². The maximum atomic E-state index is 9.07. The third-order valence-electron chi connectivity index (χ3n) is 3.19. The Bertz CT molecular complexity index is 683. The van der Waals surface area contributed by atoms with Crippen molar-refractivity contribution in [3.8, 4) is 17.6 Å². The van der Waals surface area contributed by atoms with Crippen LogP contribution in [0.4, 0.5) is 5.82 Å². The Morgan fingerprint density at radius 2 is 2.05 bits per heavy atom. The standard InChI is InChI=1S/C15H14N4O2/c1-19(15-12(8-16)17-6-7-18-15)9-11-10-20-13-4-2-3-5-14(13)21-11/h2-7,11H,9-10H2,1H3/t11-/m0/s1. The van der Waals surface area contributed by atoms with Crippen LogP contribution in [-0.2, 0) is 0 Å². The van der Waals surface area contributed by atoms with Gasteiger partial charge in [-0.15, -0.1) is 0 Å². The fourth-order valence-corrected chi connectivity index (χ4v) is 2.23. The van der Waals surface area contributed by atoms with E-state index in [4.69, 9.17) is 14.7 Å².